The van der Waals surface area contributed by atoms with Gasteiger partial charge in [-0.15, -0.1) is 0 Å². The topological polar surface area (TPSA) is 29.5 Å². The van der Waals surface area contributed by atoms with Gasteiger partial charge >= 0.3 is 0 Å². The summed E-state index contributed by atoms with van der Waals surface area (Å²) in [4.78, 5) is 0. The van der Waals surface area contributed by atoms with Crippen LogP contribution in [0.1, 0.15) is 50.2 Å². The summed E-state index contributed by atoms with van der Waals surface area (Å²) < 4.78 is 5.36. The summed E-state index contributed by atoms with van der Waals surface area (Å²) in [7, 11) is 0. The summed E-state index contributed by atoms with van der Waals surface area (Å²) in [5.74, 6) is 0.854. The maximum absolute atomic E-state index is 10.0. The standard InChI is InChI=1S/C16H24O2/c17-16(15-7-2-1-3-8-15)9-5-4-6-14-10-12-18-13-11-14/h1-3,7-8,14,16-17H,4-6,9-13H2. The molecule has 1 heterocycles. The summed E-state index contributed by atoms with van der Waals surface area (Å²) in [6.07, 6.45) is 6.68. The Hall–Kier alpha value is -0.860. The Morgan fingerprint density at radius 3 is 2.56 bits per heavy atom. The number of benzene rings is 1. The maximum Gasteiger partial charge on any atom is 0.0790 e. The van der Waals surface area contributed by atoms with Gasteiger partial charge in [0.05, 0.1) is 6.10 Å². The monoisotopic (exact) mass is 248 g/mol. The Kier molecular flexibility index (Phi) is 5.69. The Morgan fingerprint density at radius 1 is 1.11 bits per heavy atom. The predicted molar refractivity (Wildman–Crippen MR) is 73.4 cm³/mol. The average molecular weight is 248 g/mol. The molecular weight excluding hydrogens is 224 g/mol. The van der Waals surface area contributed by atoms with E-state index in [0.717, 1.165) is 37.5 Å². The zero-order valence-corrected chi connectivity index (χ0v) is 11.1. The second kappa shape index (κ2) is 7.55. The van der Waals surface area contributed by atoms with Crippen LogP contribution in [0.4, 0.5) is 0 Å². The van der Waals surface area contributed by atoms with Crippen molar-refractivity contribution in [1.29, 1.82) is 0 Å². The van der Waals surface area contributed by atoms with E-state index < -0.39 is 0 Å². The van der Waals surface area contributed by atoms with E-state index in [2.05, 4.69) is 0 Å². The summed E-state index contributed by atoms with van der Waals surface area (Å²) in [5.41, 5.74) is 1.04. The molecule has 1 aromatic rings. The van der Waals surface area contributed by atoms with E-state index in [4.69, 9.17) is 4.74 Å². The fourth-order valence-electron chi connectivity index (χ4n) is 2.65. The lowest BCUT2D eigenvalue weighted by molar-refractivity contribution is 0.0626. The van der Waals surface area contributed by atoms with E-state index in [1.807, 2.05) is 30.3 Å². The molecule has 1 atom stereocenters. The molecule has 1 saturated heterocycles. The van der Waals surface area contributed by atoms with Crippen molar-refractivity contribution in [1.82, 2.24) is 0 Å². The smallest absolute Gasteiger partial charge is 0.0790 e. The van der Waals surface area contributed by atoms with Gasteiger partial charge in [-0.25, -0.2) is 0 Å². The summed E-state index contributed by atoms with van der Waals surface area (Å²) >= 11 is 0. The van der Waals surface area contributed by atoms with Crippen molar-refractivity contribution in [2.24, 2.45) is 5.92 Å². The van der Waals surface area contributed by atoms with Crippen molar-refractivity contribution in [3.8, 4) is 0 Å². The van der Waals surface area contributed by atoms with Gasteiger partial charge in [0.2, 0.25) is 0 Å². The highest BCUT2D eigenvalue weighted by molar-refractivity contribution is 5.16. The molecule has 1 aromatic carbocycles. The Bertz CT molecular complexity index is 317. The first-order valence-electron chi connectivity index (χ1n) is 7.17. The molecule has 0 bridgehead atoms. The van der Waals surface area contributed by atoms with Crippen molar-refractivity contribution in [3.63, 3.8) is 0 Å². The number of aliphatic hydroxyl groups excluding tert-OH is 1. The fourth-order valence-corrected chi connectivity index (χ4v) is 2.65. The zero-order chi connectivity index (χ0) is 12.6. The van der Waals surface area contributed by atoms with Gasteiger partial charge in [-0.2, -0.15) is 0 Å². The average Bonchev–Trinajstić information content (AvgIpc) is 2.45. The van der Waals surface area contributed by atoms with Crippen molar-refractivity contribution < 1.29 is 9.84 Å². The van der Waals surface area contributed by atoms with Crippen LogP contribution in [-0.2, 0) is 4.74 Å². The van der Waals surface area contributed by atoms with E-state index in [1.165, 1.54) is 25.7 Å². The van der Waals surface area contributed by atoms with Crippen LogP contribution in [0.5, 0.6) is 0 Å². The molecule has 2 heteroatoms. The normalized spacial score (nSPS) is 18.7. The van der Waals surface area contributed by atoms with Crippen molar-refractivity contribution in [2.75, 3.05) is 13.2 Å². The van der Waals surface area contributed by atoms with E-state index in [0.29, 0.717) is 0 Å². The number of aliphatic hydroxyl groups is 1. The van der Waals surface area contributed by atoms with Crippen LogP contribution < -0.4 is 0 Å². The summed E-state index contributed by atoms with van der Waals surface area (Å²) in [6.45, 7) is 1.88. The van der Waals surface area contributed by atoms with E-state index in [-0.39, 0.29) is 6.10 Å². The molecule has 18 heavy (non-hydrogen) atoms. The second-order valence-electron chi connectivity index (χ2n) is 5.27. The Morgan fingerprint density at radius 2 is 1.83 bits per heavy atom. The molecule has 2 nitrogen and oxygen atoms in total. The minimum absolute atomic E-state index is 0.291. The molecule has 0 amide bonds. The number of hydrogen-bond donors (Lipinski definition) is 1. The van der Waals surface area contributed by atoms with Crippen LogP contribution in [0, 0.1) is 5.92 Å². The maximum atomic E-state index is 10.0. The molecule has 1 aliphatic rings. The lowest BCUT2D eigenvalue weighted by atomic mass is 9.93. The van der Waals surface area contributed by atoms with Crippen molar-refractivity contribution in [3.05, 3.63) is 35.9 Å². The third kappa shape index (κ3) is 4.43. The van der Waals surface area contributed by atoms with Gasteiger partial charge < -0.3 is 9.84 Å². The van der Waals surface area contributed by atoms with Crippen LogP contribution in [0.15, 0.2) is 30.3 Å². The van der Waals surface area contributed by atoms with Crippen LogP contribution in [0.25, 0.3) is 0 Å². The third-order valence-electron chi connectivity index (χ3n) is 3.87. The van der Waals surface area contributed by atoms with Crippen LogP contribution in [0.2, 0.25) is 0 Å². The third-order valence-corrected chi connectivity index (χ3v) is 3.87. The number of hydrogen-bond acceptors (Lipinski definition) is 2. The summed E-state index contributed by atoms with van der Waals surface area (Å²) in [5, 5.41) is 10.0. The molecule has 1 N–H and O–H groups in total. The first-order valence-corrected chi connectivity index (χ1v) is 7.17. The highest BCUT2D eigenvalue weighted by atomic mass is 16.5. The van der Waals surface area contributed by atoms with Crippen molar-refractivity contribution in [2.45, 2.75) is 44.6 Å². The molecule has 0 spiro atoms. The predicted octanol–water partition coefficient (Wildman–Crippen LogP) is 3.71. The highest BCUT2D eigenvalue weighted by Crippen LogP contribution is 2.24. The quantitative estimate of drug-likeness (QED) is 0.778. The molecule has 1 fully saturated rings. The van der Waals surface area contributed by atoms with Gasteiger partial charge in [0.1, 0.15) is 0 Å². The van der Waals surface area contributed by atoms with Crippen LogP contribution >= 0.6 is 0 Å². The van der Waals surface area contributed by atoms with Gasteiger partial charge in [-0.05, 0) is 30.7 Å². The molecule has 100 valence electrons. The van der Waals surface area contributed by atoms with Crippen molar-refractivity contribution >= 4 is 0 Å². The molecule has 1 unspecified atom stereocenters. The first-order chi connectivity index (χ1) is 8.86. The van der Waals surface area contributed by atoms with E-state index in [9.17, 15) is 5.11 Å². The summed E-state index contributed by atoms with van der Waals surface area (Å²) in [6, 6.07) is 9.97. The lowest BCUT2D eigenvalue weighted by Crippen LogP contribution is -2.15. The fraction of sp³-hybridized carbons (Fsp3) is 0.625. The van der Waals surface area contributed by atoms with Gasteiger partial charge in [0.25, 0.3) is 0 Å². The molecule has 2 rings (SSSR count). The molecule has 0 aliphatic carbocycles. The molecule has 0 radical (unpaired) electrons. The number of rotatable bonds is 6. The van der Waals surface area contributed by atoms with Gasteiger partial charge in [0, 0.05) is 13.2 Å². The van der Waals surface area contributed by atoms with Gasteiger partial charge in [-0.3, -0.25) is 0 Å². The zero-order valence-electron chi connectivity index (χ0n) is 11.1. The van der Waals surface area contributed by atoms with E-state index in [1.54, 1.807) is 0 Å². The highest BCUT2D eigenvalue weighted by Gasteiger charge is 2.13. The minimum atomic E-state index is -0.291. The molecule has 1 aliphatic heterocycles. The Balaban J connectivity index is 1.60. The minimum Gasteiger partial charge on any atom is -0.388 e. The molecule has 0 saturated carbocycles. The van der Waals surface area contributed by atoms with Crippen LogP contribution in [0.3, 0.4) is 0 Å². The lowest BCUT2D eigenvalue weighted by Gasteiger charge is -2.21. The SMILES string of the molecule is OC(CCCCC1CCOCC1)c1ccccc1. The molecular formula is C16H24O2. The van der Waals surface area contributed by atoms with Crippen LogP contribution in [-0.4, -0.2) is 18.3 Å². The van der Waals surface area contributed by atoms with Gasteiger partial charge in [0.15, 0.2) is 0 Å². The first kappa shape index (κ1) is 13.6. The number of unbranched alkanes of at least 4 members (excludes halogenated alkanes) is 1. The largest absolute Gasteiger partial charge is 0.388 e. The Labute approximate surface area is 110 Å². The van der Waals surface area contributed by atoms with Gasteiger partial charge in [-0.1, -0.05) is 49.6 Å². The molecule has 0 aromatic heterocycles. The second-order valence-corrected chi connectivity index (χ2v) is 5.27. The number of ether oxygens (including phenoxy) is 1. The van der Waals surface area contributed by atoms with E-state index >= 15 is 0 Å².